The number of rotatable bonds is 2. The van der Waals surface area contributed by atoms with Gasteiger partial charge in [-0.3, -0.25) is 4.79 Å². The summed E-state index contributed by atoms with van der Waals surface area (Å²) in [6.07, 6.45) is 2.17. The Labute approximate surface area is 107 Å². The van der Waals surface area contributed by atoms with Crippen molar-refractivity contribution in [2.45, 2.75) is 25.8 Å². The number of nitrogens with zero attached hydrogens (tertiary/aromatic N) is 1. The number of benzene rings is 1. The van der Waals surface area contributed by atoms with E-state index in [1.165, 1.54) is 0 Å². The van der Waals surface area contributed by atoms with Crippen molar-refractivity contribution >= 4 is 23.1 Å². The third kappa shape index (κ3) is 2.47. The zero-order chi connectivity index (χ0) is 12.4. The van der Waals surface area contributed by atoms with Crippen LogP contribution >= 0.6 is 12.2 Å². The molecule has 1 atom stereocenters. The second-order valence-electron chi connectivity index (χ2n) is 4.43. The average molecular weight is 248 g/mol. The molecule has 0 aliphatic carbocycles. The first kappa shape index (κ1) is 12.0. The SMILES string of the molecule is CC1CCCN1C(=O)c1cccc(C(N)=S)c1. The van der Waals surface area contributed by atoms with Gasteiger partial charge in [0.2, 0.25) is 0 Å². The van der Waals surface area contributed by atoms with Gasteiger partial charge in [0.1, 0.15) is 4.99 Å². The number of nitrogens with two attached hydrogens (primary N) is 1. The third-order valence-electron chi connectivity index (χ3n) is 3.21. The maximum atomic E-state index is 12.3. The van der Waals surface area contributed by atoms with Gasteiger partial charge < -0.3 is 10.6 Å². The highest BCUT2D eigenvalue weighted by Crippen LogP contribution is 2.19. The summed E-state index contributed by atoms with van der Waals surface area (Å²) in [5.41, 5.74) is 6.99. The second kappa shape index (κ2) is 4.84. The minimum Gasteiger partial charge on any atom is -0.389 e. The summed E-state index contributed by atoms with van der Waals surface area (Å²) < 4.78 is 0. The largest absolute Gasteiger partial charge is 0.389 e. The third-order valence-corrected chi connectivity index (χ3v) is 3.44. The lowest BCUT2D eigenvalue weighted by molar-refractivity contribution is 0.0747. The number of thiocarbonyl (C=S) groups is 1. The molecule has 0 saturated carbocycles. The zero-order valence-corrected chi connectivity index (χ0v) is 10.7. The second-order valence-corrected chi connectivity index (χ2v) is 4.87. The van der Waals surface area contributed by atoms with E-state index in [-0.39, 0.29) is 5.91 Å². The number of amides is 1. The maximum Gasteiger partial charge on any atom is 0.254 e. The van der Waals surface area contributed by atoms with E-state index in [1.54, 1.807) is 6.07 Å². The predicted octanol–water partition coefficient (Wildman–Crippen LogP) is 1.95. The van der Waals surface area contributed by atoms with Gasteiger partial charge in [-0.15, -0.1) is 0 Å². The van der Waals surface area contributed by atoms with E-state index < -0.39 is 0 Å². The van der Waals surface area contributed by atoms with Gasteiger partial charge in [0.15, 0.2) is 0 Å². The summed E-state index contributed by atoms with van der Waals surface area (Å²) in [7, 11) is 0. The summed E-state index contributed by atoms with van der Waals surface area (Å²) in [4.78, 5) is 14.5. The number of hydrogen-bond donors (Lipinski definition) is 1. The Morgan fingerprint density at radius 2 is 2.18 bits per heavy atom. The number of carbonyl (C=O) groups excluding carboxylic acids is 1. The molecule has 1 heterocycles. The van der Waals surface area contributed by atoms with Crippen molar-refractivity contribution in [2.24, 2.45) is 5.73 Å². The Hall–Kier alpha value is -1.42. The van der Waals surface area contributed by atoms with Gasteiger partial charge in [0.05, 0.1) is 0 Å². The molecule has 1 fully saturated rings. The van der Waals surface area contributed by atoms with Crippen LogP contribution in [0.2, 0.25) is 0 Å². The maximum absolute atomic E-state index is 12.3. The lowest BCUT2D eigenvalue weighted by Gasteiger charge is -2.21. The van der Waals surface area contributed by atoms with Crippen LogP contribution in [-0.4, -0.2) is 28.4 Å². The molecule has 1 aromatic rings. The molecule has 1 aromatic carbocycles. The Kier molecular flexibility index (Phi) is 3.43. The normalized spacial score (nSPS) is 19.4. The van der Waals surface area contributed by atoms with E-state index in [9.17, 15) is 4.79 Å². The van der Waals surface area contributed by atoms with Crippen LogP contribution in [0.5, 0.6) is 0 Å². The van der Waals surface area contributed by atoms with Gasteiger partial charge >= 0.3 is 0 Å². The van der Waals surface area contributed by atoms with E-state index >= 15 is 0 Å². The van der Waals surface area contributed by atoms with Crippen molar-refractivity contribution in [2.75, 3.05) is 6.54 Å². The highest BCUT2D eigenvalue weighted by Gasteiger charge is 2.25. The predicted molar refractivity (Wildman–Crippen MR) is 72.1 cm³/mol. The quantitative estimate of drug-likeness (QED) is 0.814. The summed E-state index contributed by atoms with van der Waals surface area (Å²) in [6.45, 7) is 2.93. The molecule has 0 spiro atoms. The standard InChI is InChI=1S/C13H16N2OS/c1-9-4-3-7-15(9)13(16)11-6-2-5-10(8-11)12(14)17/h2,5-6,8-9H,3-4,7H2,1H3,(H2,14,17). The molecule has 1 aliphatic rings. The minimum absolute atomic E-state index is 0.0769. The molecule has 1 unspecified atom stereocenters. The van der Waals surface area contributed by atoms with Gasteiger partial charge in [-0.1, -0.05) is 24.4 Å². The fraction of sp³-hybridized carbons (Fsp3) is 0.385. The Morgan fingerprint density at radius 3 is 2.76 bits per heavy atom. The van der Waals surface area contributed by atoms with Crippen LogP contribution in [0.4, 0.5) is 0 Å². The molecule has 17 heavy (non-hydrogen) atoms. The van der Waals surface area contributed by atoms with Crippen molar-refractivity contribution in [1.82, 2.24) is 4.90 Å². The first-order valence-electron chi connectivity index (χ1n) is 5.80. The number of carbonyl (C=O) groups is 1. The lowest BCUT2D eigenvalue weighted by Crippen LogP contribution is -2.33. The van der Waals surface area contributed by atoms with Gasteiger partial charge in [0, 0.05) is 23.7 Å². The minimum atomic E-state index is 0.0769. The fourth-order valence-corrected chi connectivity index (χ4v) is 2.33. The zero-order valence-electron chi connectivity index (χ0n) is 9.85. The van der Waals surface area contributed by atoms with Gasteiger partial charge in [-0.25, -0.2) is 0 Å². The van der Waals surface area contributed by atoms with Crippen LogP contribution in [0, 0.1) is 0 Å². The highest BCUT2D eigenvalue weighted by molar-refractivity contribution is 7.80. The van der Waals surface area contributed by atoms with Gasteiger partial charge in [-0.05, 0) is 31.9 Å². The molecule has 2 rings (SSSR count). The molecule has 0 radical (unpaired) electrons. The lowest BCUT2D eigenvalue weighted by atomic mass is 10.1. The summed E-state index contributed by atoms with van der Waals surface area (Å²) in [5, 5.41) is 0. The van der Waals surface area contributed by atoms with Crippen molar-refractivity contribution in [3.05, 3.63) is 35.4 Å². The number of hydrogen-bond acceptors (Lipinski definition) is 2. The first-order valence-corrected chi connectivity index (χ1v) is 6.21. The summed E-state index contributed by atoms with van der Waals surface area (Å²) in [5.74, 6) is 0.0769. The molecular formula is C13H16N2OS. The van der Waals surface area contributed by atoms with Gasteiger partial charge in [0.25, 0.3) is 5.91 Å². The van der Waals surface area contributed by atoms with E-state index in [0.29, 0.717) is 16.6 Å². The molecular weight excluding hydrogens is 232 g/mol. The number of likely N-dealkylation sites (tertiary alicyclic amines) is 1. The van der Waals surface area contributed by atoms with Crippen LogP contribution in [0.1, 0.15) is 35.7 Å². The van der Waals surface area contributed by atoms with Crippen LogP contribution in [0.15, 0.2) is 24.3 Å². The van der Waals surface area contributed by atoms with E-state index in [2.05, 4.69) is 6.92 Å². The smallest absolute Gasteiger partial charge is 0.254 e. The van der Waals surface area contributed by atoms with Crippen LogP contribution < -0.4 is 5.73 Å². The molecule has 4 heteroatoms. The van der Waals surface area contributed by atoms with Crippen molar-refractivity contribution in [1.29, 1.82) is 0 Å². The summed E-state index contributed by atoms with van der Waals surface area (Å²) >= 11 is 4.92. The Balaban J connectivity index is 2.24. The Morgan fingerprint density at radius 1 is 1.47 bits per heavy atom. The first-order chi connectivity index (χ1) is 8.09. The van der Waals surface area contributed by atoms with Crippen molar-refractivity contribution in [3.63, 3.8) is 0 Å². The molecule has 1 aliphatic heterocycles. The van der Waals surface area contributed by atoms with Crippen LogP contribution in [0.25, 0.3) is 0 Å². The summed E-state index contributed by atoms with van der Waals surface area (Å²) in [6, 6.07) is 7.57. The monoisotopic (exact) mass is 248 g/mol. The van der Waals surface area contributed by atoms with Gasteiger partial charge in [-0.2, -0.15) is 0 Å². The molecule has 1 amide bonds. The highest BCUT2D eigenvalue weighted by atomic mass is 32.1. The molecule has 3 nitrogen and oxygen atoms in total. The van der Waals surface area contributed by atoms with Crippen LogP contribution in [0.3, 0.4) is 0 Å². The topological polar surface area (TPSA) is 46.3 Å². The molecule has 2 N–H and O–H groups in total. The molecule has 1 saturated heterocycles. The fourth-order valence-electron chi connectivity index (χ4n) is 2.21. The van der Waals surface area contributed by atoms with Crippen molar-refractivity contribution < 1.29 is 4.79 Å². The Bertz CT molecular complexity index is 458. The average Bonchev–Trinajstić information content (AvgIpc) is 2.74. The van der Waals surface area contributed by atoms with Crippen LogP contribution in [-0.2, 0) is 0 Å². The molecule has 0 bridgehead atoms. The van der Waals surface area contributed by atoms with Crippen molar-refractivity contribution in [3.8, 4) is 0 Å². The van der Waals surface area contributed by atoms with E-state index in [4.69, 9.17) is 18.0 Å². The van der Waals surface area contributed by atoms with E-state index in [0.717, 1.165) is 24.9 Å². The molecule has 90 valence electrons. The van der Waals surface area contributed by atoms with E-state index in [1.807, 2.05) is 23.1 Å². The molecule has 0 aromatic heterocycles.